The quantitative estimate of drug-likeness (QED) is 0.693. The van der Waals surface area contributed by atoms with E-state index in [2.05, 4.69) is 53.5 Å². The van der Waals surface area contributed by atoms with Crippen LogP contribution in [0.4, 0.5) is 5.69 Å². The molecule has 144 valence electrons. The number of likely N-dealkylation sites (tertiary alicyclic amines) is 1. The van der Waals surface area contributed by atoms with Gasteiger partial charge in [0.05, 0.1) is 12.0 Å². The molecule has 0 spiro atoms. The number of nitrogens with zero attached hydrogens (tertiary/aromatic N) is 1. The Kier molecular flexibility index (Phi) is 6.40. The lowest BCUT2D eigenvalue weighted by molar-refractivity contribution is -0.141. The number of carboxylic acid groups (broad SMARTS) is 1. The molecule has 0 saturated carbocycles. The van der Waals surface area contributed by atoms with Gasteiger partial charge in [-0.15, -0.1) is 0 Å². The molecule has 1 heterocycles. The Hall–Kier alpha value is -2.04. The van der Waals surface area contributed by atoms with Crippen molar-refractivity contribution < 1.29 is 9.90 Å². The van der Waals surface area contributed by atoms with Crippen LogP contribution in [0.25, 0.3) is 0 Å². The van der Waals surface area contributed by atoms with E-state index in [4.69, 9.17) is 16.7 Å². The first-order chi connectivity index (χ1) is 13.0. The third-order valence-electron chi connectivity index (χ3n) is 5.29. The molecule has 2 aromatic carbocycles. The molecule has 1 fully saturated rings. The van der Waals surface area contributed by atoms with Crippen LogP contribution in [0.5, 0.6) is 0 Å². The highest BCUT2D eigenvalue weighted by atomic mass is 35.5. The maximum absolute atomic E-state index is 11.1. The van der Waals surface area contributed by atoms with Crippen molar-refractivity contribution in [2.75, 3.05) is 18.4 Å². The fraction of sp³-hybridized carbons (Fsp3) is 0.409. The van der Waals surface area contributed by atoms with Crippen LogP contribution in [0.3, 0.4) is 0 Å². The van der Waals surface area contributed by atoms with Crippen LogP contribution in [0, 0.1) is 12.8 Å². The van der Waals surface area contributed by atoms with Crippen LogP contribution in [0.15, 0.2) is 42.5 Å². The number of aliphatic carboxylic acids is 1. The fourth-order valence-electron chi connectivity index (χ4n) is 3.70. The second kappa shape index (κ2) is 8.77. The van der Waals surface area contributed by atoms with Crippen LogP contribution >= 0.6 is 11.6 Å². The van der Waals surface area contributed by atoms with Gasteiger partial charge in [0, 0.05) is 23.8 Å². The Labute approximate surface area is 166 Å². The highest BCUT2D eigenvalue weighted by Gasteiger charge is 2.27. The average Bonchev–Trinajstić information content (AvgIpc) is 3.11. The first-order valence-corrected chi connectivity index (χ1v) is 9.90. The minimum atomic E-state index is -0.683. The number of hydrogen-bond acceptors (Lipinski definition) is 3. The number of rotatable bonds is 7. The first-order valence-electron chi connectivity index (χ1n) is 9.53. The van der Waals surface area contributed by atoms with Crippen molar-refractivity contribution in [2.45, 2.75) is 39.3 Å². The zero-order valence-electron chi connectivity index (χ0n) is 15.9. The lowest BCUT2D eigenvalue weighted by atomic mass is 10.0. The topological polar surface area (TPSA) is 52.6 Å². The molecule has 0 amide bonds. The van der Waals surface area contributed by atoms with E-state index < -0.39 is 5.97 Å². The van der Waals surface area contributed by atoms with Gasteiger partial charge in [-0.2, -0.15) is 0 Å². The molecule has 3 rings (SSSR count). The maximum Gasteiger partial charge on any atom is 0.307 e. The summed E-state index contributed by atoms with van der Waals surface area (Å²) in [5.74, 6) is -0.916. The van der Waals surface area contributed by atoms with Crippen molar-refractivity contribution in [1.82, 2.24) is 4.90 Å². The predicted molar refractivity (Wildman–Crippen MR) is 110 cm³/mol. The lowest BCUT2D eigenvalue weighted by Crippen LogP contribution is -2.22. The molecule has 0 aromatic heterocycles. The molecule has 2 aromatic rings. The van der Waals surface area contributed by atoms with Crippen LogP contribution in [-0.4, -0.2) is 29.1 Å². The summed E-state index contributed by atoms with van der Waals surface area (Å²) in [6.07, 6.45) is 1.71. The normalized spacial score (nSPS) is 18.4. The SMILES string of the molecule is CC[C@@H](Nc1cccc(CN2CCC(C(=O)O)C2)c1)c1ccc(Cl)c(C)c1. The summed E-state index contributed by atoms with van der Waals surface area (Å²) in [4.78, 5) is 13.4. The van der Waals surface area contributed by atoms with Crippen molar-refractivity contribution in [3.8, 4) is 0 Å². The van der Waals surface area contributed by atoms with E-state index in [-0.39, 0.29) is 12.0 Å². The molecule has 1 unspecified atom stereocenters. The van der Waals surface area contributed by atoms with E-state index in [1.54, 1.807) is 0 Å². The Morgan fingerprint density at radius 2 is 2.15 bits per heavy atom. The molecule has 1 aliphatic heterocycles. The van der Waals surface area contributed by atoms with E-state index in [0.29, 0.717) is 6.54 Å². The van der Waals surface area contributed by atoms with E-state index in [1.807, 2.05) is 13.0 Å². The summed E-state index contributed by atoms with van der Waals surface area (Å²) in [6.45, 7) is 6.46. The van der Waals surface area contributed by atoms with Gasteiger partial charge in [-0.05, 0) is 61.2 Å². The number of carbonyl (C=O) groups is 1. The number of carboxylic acids is 1. The number of halogens is 1. The number of hydrogen-bond donors (Lipinski definition) is 2. The molecule has 27 heavy (non-hydrogen) atoms. The molecule has 0 aliphatic carbocycles. The van der Waals surface area contributed by atoms with Gasteiger partial charge in [0.2, 0.25) is 0 Å². The van der Waals surface area contributed by atoms with Crippen LogP contribution in [-0.2, 0) is 11.3 Å². The molecule has 2 atom stereocenters. The highest BCUT2D eigenvalue weighted by Crippen LogP contribution is 2.27. The Morgan fingerprint density at radius 3 is 2.81 bits per heavy atom. The van der Waals surface area contributed by atoms with Gasteiger partial charge in [-0.3, -0.25) is 9.69 Å². The van der Waals surface area contributed by atoms with Gasteiger partial charge in [-0.1, -0.05) is 42.8 Å². The molecule has 0 bridgehead atoms. The first kappa shape index (κ1) is 19.7. The third kappa shape index (κ3) is 5.02. The number of nitrogens with one attached hydrogen (secondary N) is 1. The third-order valence-corrected chi connectivity index (χ3v) is 5.71. The average molecular weight is 387 g/mol. The van der Waals surface area contributed by atoms with Crippen LogP contribution in [0.2, 0.25) is 5.02 Å². The van der Waals surface area contributed by atoms with Crippen molar-refractivity contribution in [3.63, 3.8) is 0 Å². The molecular weight excluding hydrogens is 360 g/mol. The smallest absolute Gasteiger partial charge is 0.307 e. The van der Waals surface area contributed by atoms with Crippen LogP contribution in [0.1, 0.15) is 42.5 Å². The number of aryl methyl sites for hydroxylation is 1. The second-order valence-corrected chi connectivity index (χ2v) is 7.78. The molecule has 5 heteroatoms. The van der Waals surface area contributed by atoms with E-state index in [9.17, 15) is 4.79 Å². The summed E-state index contributed by atoms with van der Waals surface area (Å²) in [6, 6.07) is 14.8. The van der Waals surface area contributed by atoms with Gasteiger partial charge in [0.1, 0.15) is 0 Å². The minimum Gasteiger partial charge on any atom is -0.481 e. The van der Waals surface area contributed by atoms with E-state index in [0.717, 1.165) is 42.2 Å². The molecule has 4 nitrogen and oxygen atoms in total. The summed E-state index contributed by atoms with van der Waals surface area (Å²) in [7, 11) is 0. The second-order valence-electron chi connectivity index (χ2n) is 7.37. The summed E-state index contributed by atoms with van der Waals surface area (Å²) >= 11 is 6.16. The predicted octanol–water partition coefficient (Wildman–Crippen LogP) is 5.12. The van der Waals surface area contributed by atoms with Gasteiger partial charge in [0.25, 0.3) is 0 Å². The largest absolute Gasteiger partial charge is 0.481 e. The van der Waals surface area contributed by atoms with Gasteiger partial charge >= 0.3 is 5.97 Å². The van der Waals surface area contributed by atoms with Crippen LogP contribution < -0.4 is 5.32 Å². The van der Waals surface area contributed by atoms with E-state index >= 15 is 0 Å². The Morgan fingerprint density at radius 1 is 1.33 bits per heavy atom. The fourth-order valence-corrected chi connectivity index (χ4v) is 3.82. The molecule has 1 saturated heterocycles. The molecule has 2 N–H and O–H groups in total. The van der Waals surface area contributed by atoms with E-state index in [1.165, 1.54) is 11.1 Å². The molecule has 1 aliphatic rings. The van der Waals surface area contributed by atoms with Crippen molar-refractivity contribution >= 4 is 23.3 Å². The maximum atomic E-state index is 11.1. The lowest BCUT2D eigenvalue weighted by Gasteiger charge is -2.21. The summed E-state index contributed by atoms with van der Waals surface area (Å²) in [5.41, 5.74) is 4.60. The van der Waals surface area contributed by atoms with Gasteiger partial charge < -0.3 is 10.4 Å². The van der Waals surface area contributed by atoms with Crippen molar-refractivity contribution in [2.24, 2.45) is 5.92 Å². The molecule has 0 radical (unpaired) electrons. The minimum absolute atomic E-state index is 0.222. The monoisotopic (exact) mass is 386 g/mol. The highest BCUT2D eigenvalue weighted by molar-refractivity contribution is 6.31. The number of benzene rings is 2. The molecular formula is C22H27ClN2O2. The summed E-state index contributed by atoms with van der Waals surface area (Å²) < 4.78 is 0. The summed E-state index contributed by atoms with van der Waals surface area (Å²) in [5, 5.41) is 13.6. The van der Waals surface area contributed by atoms with Gasteiger partial charge in [-0.25, -0.2) is 0 Å². The zero-order valence-corrected chi connectivity index (χ0v) is 16.7. The number of anilines is 1. The Bertz CT molecular complexity index is 809. The Balaban J connectivity index is 1.67. The standard InChI is InChI=1S/C22H27ClN2O2/c1-3-21(17-7-8-20(23)15(2)11-17)24-19-6-4-5-16(12-19)13-25-10-9-18(14-25)22(26)27/h4-8,11-12,18,21,24H,3,9-10,13-14H2,1-2H3,(H,26,27)/t18?,21-/m1/s1. The zero-order chi connectivity index (χ0) is 19.4. The van der Waals surface area contributed by atoms with Crippen molar-refractivity contribution in [3.05, 3.63) is 64.2 Å². The van der Waals surface area contributed by atoms with Gasteiger partial charge in [0.15, 0.2) is 0 Å². The van der Waals surface area contributed by atoms with Crippen molar-refractivity contribution in [1.29, 1.82) is 0 Å².